The van der Waals surface area contributed by atoms with Crippen molar-refractivity contribution in [3.8, 4) is 17.1 Å². The number of hydrogen-bond donors (Lipinski definition) is 1. The standard InChI is InChI=1S/C30H31N3O4/c1-21-28(35)23-11-8-12-24(30(23)37-29(21)22-9-4-3-5-10-22)31-27(34)15-16-32-17-19-33(20-18-32)25-13-6-7-14-26(25)36-2/h3-14H,15-20H2,1-2H3,(H,31,34). The van der Waals surface area contributed by atoms with E-state index in [0.29, 0.717) is 40.9 Å². The van der Waals surface area contributed by atoms with E-state index in [1.165, 1.54) is 0 Å². The first-order valence-electron chi connectivity index (χ1n) is 12.6. The van der Waals surface area contributed by atoms with Gasteiger partial charge in [-0.15, -0.1) is 0 Å². The third-order valence-electron chi connectivity index (χ3n) is 6.91. The van der Waals surface area contributed by atoms with Crippen molar-refractivity contribution in [1.29, 1.82) is 0 Å². The van der Waals surface area contributed by atoms with E-state index in [2.05, 4.69) is 21.2 Å². The van der Waals surface area contributed by atoms with Gasteiger partial charge in [-0.05, 0) is 31.2 Å². The lowest BCUT2D eigenvalue weighted by molar-refractivity contribution is -0.116. The maximum absolute atomic E-state index is 13.1. The average molecular weight is 498 g/mol. The van der Waals surface area contributed by atoms with E-state index in [-0.39, 0.29) is 11.3 Å². The minimum absolute atomic E-state index is 0.0934. The van der Waals surface area contributed by atoms with Gasteiger partial charge in [0.15, 0.2) is 11.0 Å². The molecule has 4 aromatic rings. The molecular weight excluding hydrogens is 466 g/mol. The van der Waals surface area contributed by atoms with E-state index in [4.69, 9.17) is 9.15 Å². The molecule has 1 aromatic heterocycles. The summed E-state index contributed by atoms with van der Waals surface area (Å²) in [5.74, 6) is 1.29. The highest BCUT2D eigenvalue weighted by Crippen LogP contribution is 2.30. The van der Waals surface area contributed by atoms with Crippen molar-refractivity contribution < 1.29 is 13.9 Å². The molecule has 0 aliphatic carbocycles. The molecule has 1 aliphatic rings. The molecule has 1 N–H and O–H groups in total. The van der Waals surface area contributed by atoms with Gasteiger partial charge in [0.1, 0.15) is 11.5 Å². The van der Waals surface area contributed by atoms with E-state index in [9.17, 15) is 9.59 Å². The largest absolute Gasteiger partial charge is 0.495 e. The number of amides is 1. The number of anilines is 2. The maximum atomic E-state index is 13.1. The highest BCUT2D eigenvalue weighted by molar-refractivity contribution is 6.00. The SMILES string of the molecule is COc1ccccc1N1CCN(CCC(=O)Nc2cccc3c(=O)c(C)c(-c4ccccc4)oc23)CC1. The van der Waals surface area contributed by atoms with Gasteiger partial charge in [-0.25, -0.2) is 0 Å². The van der Waals surface area contributed by atoms with Crippen LogP contribution in [0.4, 0.5) is 11.4 Å². The fourth-order valence-corrected chi connectivity index (χ4v) is 4.85. The molecule has 1 amide bonds. The fourth-order valence-electron chi connectivity index (χ4n) is 4.85. The summed E-state index contributed by atoms with van der Waals surface area (Å²) >= 11 is 0. The topological polar surface area (TPSA) is 75.0 Å². The predicted octanol–water partition coefficient (Wildman–Crippen LogP) is 4.93. The molecule has 0 spiro atoms. The first kappa shape index (κ1) is 24.6. The Bertz CT molecular complexity index is 1460. The summed E-state index contributed by atoms with van der Waals surface area (Å²) in [7, 11) is 1.69. The van der Waals surface area contributed by atoms with Gasteiger partial charge in [0.2, 0.25) is 5.91 Å². The fraction of sp³-hybridized carbons (Fsp3) is 0.267. The van der Waals surface area contributed by atoms with E-state index >= 15 is 0 Å². The maximum Gasteiger partial charge on any atom is 0.225 e. The van der Waals surface area contributed by atoms with Gasteiger partial charge >= 0.3 is 0 Å². The Hall–Kier alpha value is -4.10. The van der Waals surface area contributed by atoms with Crippen LogP contribution in [0.3, 0.4) is 0 Å². The molecule has 1 fully saturated rings. The van der Waals surface area contributed by atoms with Crippen LogP contribution < -0.4 is 20.4 Å². The van der Waals surface area contributed by atoms with E-state index < -0.39 is 0 Å². The van der Waals surface area contributed by atoms with Gasteiger partial charge in [-0.3, -0.25) is 14.5 Å². The second kappa shape index (κ2) is 10.9. The lowest BCUT2D eigenvalue weighted by Crippen LogP contribution is -2.47. The predicted molar refractivity (Wildman–Crippen MR) is 148 cm³/mol. The van der Waals surface area contributed by atoms with Crippen LogP contribution >= 0.6 is 0 Å². The number of carbonyl (C=O) groups excluding carboxylic acids is 1. The Morgan fingerprint density at radius 3 is 2.43 bits per heavy atom. The van der Waals surface area contributed by atoms with Crippen molar-refractivity contribution in [2.24, 2.45) is 0 Å². The van der Waals surface area contributed by atoms with Crippen LogP contribution in [0.15, 0.2) is 82.0 Å². The molecule has 37 heavy (non-hydrogen) atoms. The summed E-state index contributed by atoms with van der Waals surface area (Å²) in [6, 6.07) is 22.9. The summed E-state index contributed by atoms with van der Waals surface area (Å²) in [4.78, 5) is 30.6. The molecule has 1 aliphatic heterocycles. The van der Waals surface area contributed by atoms with E-state index in [1.807, 2.05) is 48.5 Å². The van der Waals surface area contributed by atoms with Gasteiger partial charge in [-0.2, -0.15) is 0 Å². The third kappa shape index (κ3) is 5.22. The zero-order valence-electron chi connectivity index (χ0n) is 21.2. The van der Waals surface area contributed by atoms with Crippen molar-refractivity contribution in [3.63, 3.8) is 0 Å². The minimum Gasteiger partial charge on any atom is -0.495 e. The van der Waals surface area contributed by atoms with Crippen molar-refractivity contribution in [2.45, 2.75) is 13.3 Å². The number of benzene rings is 3. The summed E-state index contributed by atoms with van der Waals surface area (Å²) in [5, 5.41) is 3.43. The molecular formula is C30H31N3O4. The second-order valence-corrected chi connectivity index (χ2v) is 9.23. The van der Waals surface area contributed by atoms with Gasteiger partial charge in [0.25, 0.3) is 0 Å². The van der Waals surface area contributed by atoms with Crippen molar-refractivity contribution >= 4 is 28.3 Å². The quantitative estimate of drug-likeness (QED) is 0.390. The number of nitrogens with one attached hydrogen (secondary N) is 1. The monoisotopic (exact) mass is 497 g/mol. The van der Waals surface area contributed by atoms with Gasteiger partial charge < -0.3 is 19.4 Å². The molecule has 0 saturated carbocycles. The molecule has 0 atom stereocenters. The highest BCUT2D eigenvalue weighted by atomic mass is 16.5. The smallest absolute Gasteiger partial charge is 0.225 e. The molecule has 0 unspecified atom stereocenters. The van der Waals surface area contributed by atoms with Crippen LogP contribution in [0.25, 0.3) is 22.3 Å². The van der Waals surface area contributed by atoms with Crippen LogP contribution in [0.1, 0.15) is 12.0 Å². The second-order valence-electron chi connectivity index (χ2n) is 9.23. The lowest BCUT2D eigenvalue weighted by atomic mass is 10.1. The van der Waals surface area contributed by atoms with Crippen LogP contribution in [-0.4, -0.2) is 50.6 Å². The average Bonchev–Trinajstić information content (AvgIpc) is 2.95. The zero-order valence-corrected chi connectivity index (χ0v) is 21.2. The Labute approximate surface area is 216 Å². The minimum atomic E-state index is -0.107. The summed E-state index contributed by atoms with van der Waals surface area (Å²) in [6.07, 6.45) is 0.354. The zero-order chi connectivity index (χ0) is 25.8. The van der Waals surface area contributed by atoms with Crippen LogP contribution in [-0.2, 0) is 4.79 Å². The Morgan fingerprint density at radius 2 is 1.68 bits per heavy atom. The molecule has 0 radical (unpaired) electrons. The van der Waals surface area contributed by atoms with Crippen LogP contribution in [0.2, 0.25) is 0 Å². The number of para-hydroxylation sites is 3. The number of piperazine rings is 1. The first-order chi connectivity index (χ1) is 18.0. The molecule has 3 aromatic carbocycles. The van der Waals surface area contributed by atoms with Crippen LogP contribution in [0.5, 0.6) is 5.75 Å². The molecule has 7 heteroatoms. The lowest BCUT2D eigenvalue weighted by Gasteiger charge is -2.36. The number of nitrogens with zero attached hydrogens (tertiary/aromatic N) is 2. The molecule has 0 bridgehead atoms. The Morgan fingerprint density at radius 1 is 0.946 bits per heavy atom. The van der Waals surface area contributed by atoms with E-state index in [1.54, 1.807) is 32.2 Å². The molecule has 7 nitrogen and oxygen atoms in total. The number of hydrogen-bond acceptors (Lipinski definition) is 6. The third-order valence-corrected chi connectivity index (χ3v) is 6.91. The van der Waals surface area contributed by atoms with Crippen molar-refractivity contribution in [1.82, 2.24) is 4.90 Å². The number of ether oxygens (including phenoxy) is 1. The van der Waals surface area contributed by atoms with Crippen molar-refractivity contribution in [2.75, 3.05) is 50.1 Å². The molecule has 2 heterocycles. The number of fused-ring (bicyclic) bond motifs is 1. The van der Waals surface area contributed by atoms with Gasteiger partial charge in [0, 0.05) is 50.3 Å². The first-order valence-corrected chi connectivity index (χ1v) is 12.6. The molecule has 190 valence electrons. The molecule has 1 saturated heterocycles. The normalized spacial score (nSPS) is 14.1. The Kier molecular flexibility index (Phi) is 7.23. The summed E-state index contributed by atoms with van der Waals surface area (Å²) < 4.78 is 11.7. The van der Waals surface area contributed by atoms with Gasteiger partial charge in [0.05, 0.1) is 23.9 Å². The van der Waals surface area contributed by atoms with Crippen molar-refractivity contribution in [3.05, 3.63) is 88.6 Å². The Balaban J connectivity index is 1.25. The highest BCUT2D eigenvalue weighted by Gasteiger charge is 2.21. The van der Waals surface area contributed by atoms with Gasteiger partial charge in [-0.1, -0.05) is 48.5 Å². The number of carbonyl (C=O) groups is 1. The number of rotatable bonds is 7. The van der Waals surface area contributed by atoms with E-state index in [0.717, 1.165) is 43.2 Å². The van der Waals surface area contributed by atoms with Crippen LogP contribution in [0, 0.1) is 6.92 Å². The summed E-state index contributed by atoms with van der Waals surface area (Å²) in [5.41, 5.74) is 3.30. The summed E-state index contributed by atoms with van der Waals surface area (Å²) in [6.45, 7) is 5.92. The molecule has 5 rings (SSSR count). The number of methoxy groups -OCH3 is 1.